The highest BCUT2D eigenvalue weighted by molar-refractivity contribution is 7.19. The summed E-state index contributed by atoms with van der Waals surface area (Å²) in [5, 5.41) is 1.30. The molecule has 0 saturated carbocycles. The number of nitrogens with zero attached hydrogens (tertiary/aromatic N) is 1. The van der Waals surface area contributed by atoms with Gasteiger partial charge in [-0.2, -0.15) is 0 Å². The third-order valence-corrected chi connectivity index (χ3v) is 9.82. The number of fused-ring (bicyclic) bond motifs is 1. The summed E-state index contributed by atoms with van der Waals surface area (Å²) in [6, 6.07) is 18.0. The van der Waals surface area contributed by atoms with E-state index in [0.29, 0.717) is 26.4 Å². The Bertz CT molecular complexity index is 1280. The number of hydrogen-bond acceptors (Lipinski definition) is 7. The molecule has 7 heteroatoms. The summed E-state index contributed by atoms with van der Waals surface area (Å²) >= 11 is 1.88. The summed E-state index contributed by atoms with van der Waals surface area (Å²) < 4.78 is 34.6. The van der Waals surface area contributed by atoms with Crippen molar-refractivity contribution in [2.75, 3.05) is 52.0 Å². The van der Waals surface area contributed by atoms with E-state index in [1.54, 1.807) is 0 Å². The molecule has 0 N–H and O–H groups in total. The first-order valence-corrected chi connectivity index (χ1v) is 18.7. The Kier molecular flexibility index (Phi) is 15.8. The van der Waals surface area contributed by atoms with Gasteiger partial charge in [-0.1, -0.05) is 77.6 Å². The van der Waals surface area contributed by atoms with Crippen molar-refractivity contribution in [1.82, 2.24) is 0 Å². The van der Waals surface area contributed by atoms with Crippen molar-refractivity contribution in [1.29, 1.82) is 0 Å². The zero-order valence-corrected chi connectivity index (χ0v) is 30.1. The summed E-state index contributed by atoms with van der Waals surface area (Å²) in [5.41, 5.74) is 3.63. The topological polar surface area (TPSA) is 49.4 Å². The molecule has 2 heterocycles. The summed E-state index contributed by atoms with van der Waals surface area (Å²) in [4.78, 5) is 3.51. The van der Waals surface area contributed by atoms with Gasteiger partial charge in [0.1, 0.15) is 30.5 Å². The van der Waals surface area contributed by atoms with Crippen LogP contribution in [0.4, 0.5) is 5.69 Å². The van der Waals surface area contributed by atoms with E-state index < -0.39 is 0 Å². The predicted molar refractivity (Wildman–Crippen MR) is 193 cm³/mol. The monoisotopic (exact) mass is 653 g/mol. The standard InChI is InChI=1S/C39H59NO5S/c1-7-11-20-41-28-34-37(42-21-12-8-2)39(44-23-14-10-4)38(43-22-13-9-3)36(45-34)30-17-15-16-29(24-30)25-33-27-31-26-32(40(5)6)18-19-35(31)46-33/h15-19,24,26-27,34,36-39H,7-14,20-23,25,28H2,1-6H3/t34-,36?,37-,38+,39?/m1/s1. The molecule has 1 aromatic heterocycles. The van der Waals surface area contributed by atoms with Crippen LogP contribution in [0.25, 0.3) is 10.1 Å². The first-order chi connectivity index (χ1) is 22.5. The second-order valence-corrected chi connectivity index (χ2v) is 14.0. The van der Waals surface area contributed by atoms with Crippen LogP contribution in [-0.4, -0.2) is 71.5 Å². The number of thiophene rings is 1. The molecule has 46 heavy (non-hydrogen) atoms. The highest BCUT2D eigenvalue weighted by atomic mass is 32.1. The minimum absolute atomic E-state index is 0.240. The van der Waals surface area contributed by atoms with Crippen LogP contribution in [0, 0.1) is 0 Å². The largest absolute Gasteiger partial charge is 0.379 e. The molecule has 0 amide bonds. The minimum Gasteiger partial charge on any atom is -0.379 e. The van der Waals surface area contributed by atoms with Crippen molar-refractivity contribution in [3.63, 3.8) is 0 Å². The molecule has 1 fully saturated rings. The van der Waals surface area contributed by atoms with Crippen LogP contribution in [0.3, 0.4) is 0 Å². The van der Waals surface area contributed by atoms with Crippen LogP contribution in [-0.2, 0) is 30.1 Å². The molecule has 4 rings (SSSR count). The maximum atomic E-state index is 7.01. The maximum Gasteiger partial charge on any atom is 0.117 e. The van der Waals surface area contributed by atoms with E-state index in [1.807, 2.05) is 11.3 Å². The number of benzene rings is 2. The van der Waals surface area contributed by atoms with Crippen LogP contribution < -0.4 is 4.90 Å². The van der Waals surface area contributed by atoms with E-state index in [4.69, 9.17) is 23.7 Å². The maximum absolute atomic E-state index is 7.01. The van der Waals surface area contributed by atoms with Crippen LogP contribution >= 0.6 is 11.3 Å². The summed E-state index contributed by atoms with van der Waals surface area (Å²) in [7, 11) is 4.18. The van der Waals surface area contributed by atoms with Gasteiger partial charge < -0.3 is 28.6 Å². The normalized spacial score (nSPS) is 21.7. The zero-order valence-electron chi connectivity index (χ0n) is 29.3. The second kappa shape index (κ2) is 19.7. The van der Waals surface area contributed by atoms with Gasteiger partial charge in [-0.05, 0) is 66.5 Å². The molecule has 3 aromatic rings. The molecule has 0 radical (unpaired) electrons. The number of hydrogen-bond donors (Lipinski definition) is 0. The van der Waals surface area contributed by atoms with Gasteiger partial charge in [-0.3, -0.25) is 0 Å². The first-order valence-electron chi connectivity index (χ1n) is 17.9. The fourth-order valence-electron chi connectivity index (χ4n) is 5.96. The third kappa shape index (κ3) is 10.5. The molecule has 1 saturated heterocycles. The summed E-state index contributed by atoms with van der Waals surface area (Å²) in [6.45, 7) is 12.0. The molecule has 5 atom stereocenters. The summed E-state index contributed by atoms with van der Waals surface area (Å²) in [5.74, 6) is 0. The van der Waals surface area contributed by atoms with Gasteiger partial charge in [-0.25, -0.2) is 0 Å². The highest BCUT2D eigenvalue weighted by Crippen LogP contribution is 2.39. The van der Waals surface area contributed by atoms with Gasteiger partial charge in [0.2, 0.25) is 0 Å². The lowest BCUT2D eigenvalue weighted by molar-refractivity contribution is -0.268. The molecular formula is C39H59NO5S. The average Bonchev–Trinajstić information content (AvgIpc) is 3.46. The van der Waals surface area contributed by atoms with Crippen molar-refractivity contribution in [3.8, 4) is 0 Å². The number of unbranched alkanes of at least 4 members (excludes halogenated alkanes) is 4. The Hall–Kier alpha value is -2.00. The molecule has 0 spiro atoms. The fraction of sp³-hybridized carbons (Fsp3) is 0.641. The lowest BCUT2D eigenvalue weighted by Crippen LogP contribution is -2.58. The highest BCUT2D eigenvalue weighted by Gasteiger charge is 2.48. The van der Waals surface area contributed by atoms with Gasteiger partial charge in [0.15, 0.2) is 0 Å². The third-order valence-electron chi connectivity index (χ3n) is 8.71. The van der Waals surface area contributed by atoms with E-state index in [-0.39, 0.29) is 30.5 Å². The lowest BCUT2D eigenvalue weighted by Gasteiger charge is -2.46. The molecule has 1 aliphatic heterocycles. The van der Waals surface area contributed by atoms with E-state index in [2.05, 4.69) is 95.2 Å². The minimum atomic E-state index is -0.278. The van der Waals surface area contributed by atoms with Crippen molar-refractivity contribution >= 4 is 27.1 Å². The summed E-state index contributed by atoms with van der Waals surface area (Å²) in [6.07, 6.45) is 7.97. The zero-order chi connectivity index (χ0) is 32.7. The molecule has 2 unspecified atom stereocenters. The quantitative estimate of drug-likeness (QED) is 0.107. The molecule has 0 aliphatic carbocycles. The van der Waals surface area contributed by atoms with E-state index >= 15 is 0 Å². The van der Waals surface area contributed by atoms with Crippen molar-refractivity contribution in [3.05, 3.63) is 64.5 Å². The van der Waals surface area contributed by atoms with E-state index in [9.17, 15) is 0 Å². The fourth-order valence-corrected chi connectivity index (χ4v) is 7.04. The first kappa shape index (κ1) is 36.8. The Balaban J connectivity index is 1.64. The lowest BCUT2D eigenvalue weighted by atomic mass is 9.89. The Morgan fingerprint density at radius 3 is 2.04 bits per heavy atom. The van der Waals surface area contributed by atoms with Crippen molar-refractivity contribution in [2.24, 2.45) is 0 Å². The molecule has 256 valence electrons. The van der Waals surface area contributed by atoms with Gasteiger partial charge in [-0.15, -0.1) is 11.3 Å². The van der Waals surface area contributed by atoms with Gasteiger partial charge in [0.05, 0.1) is 6.61 Å². The Morgan fingerprint density at radius 1 is 0.717 bits per heavy atom. The number of rotatable bonds is 21. The Labute approximate surface area is 282 Å². The van der Waals surface area contributed by atoms with Crippen molar-refractivity contribution in [2.45, 2.75) is 116 Å². The number of ether oxygens (including phenoxy) is 5. The number of anilines is 1. The molecule has 0 bridgehead atoms. The average molecular weight is 654 g/mol. The van der Waals surface area contributed by atoms with E-state index in [1.165, 1.54) is 26.2 Å². The molecule has 2 aromatic carbocycles. The van der Waals surface area contributed by atoms with Crippen LogP contribution in [0.2, 0.25) is 0 Å². The van der Waals surface area contributed by atoms with Gasteiger partial charge in [0, 0.05) is 62.2 Å². The molecule has 6 nitrogen and oxygen atoms in total. The van der Waals surface area contributed by atoms with Gasteiger partial charge >= 0.3 is 0 Å². The van der Waals surface area contributed by atoms with Crippen LogP contribution in [0.15, 0.2) is 48.5 Å². The van der Waals surface area contributed by atoms with Crippen LogP contribution in [0.1, 0.15) is 101 Å². The van der Waals surface area contributed by atoms with Gasteiger partial charge in [0.25, 0.3) is 0 Å². The SMILES string of the molecule is CCCCOC[C@H]1OC(c2cccc(Cc3cc4cc(N(C)C)ccc4s3)c2)[C@H](OCCCC)C(OCCCC)[C@@H]1OCCCC. The van der Waals surface area contributed by atoms with Crippen molar-refractivity contribution < 1.29 is 23.7 Å². The van der Waals surface area contributed by atoms with E-state index in [0.717, 1.165) is 70.0 Å². The molecule has 1 aliphatic rings. The second-order valence-electron chi connectivity index (χ2n) is 12.8. The smallest absolute Gasteiger partial charge is 0.117 e. The predicted octanol–water partition coefficient (Wildman–Crippen LogP) is 9.37. The molecular weight excluding hydrogens is 594 g/mol. The Morgan fingerprint density at radius 2 is 1.37 bits per heavy atom. The van der Waals surface area contributed by atoms with Crippen LogP contribution in [0.5, 0.6) is 0 Å².